The van der Waals surface area contributed by atoms with Gasteiger partial charge in [0.2, 0.25) is 12.7 Å². The summed E-state index contributed by atoms with van der Waals surface area (Å²) >= 11 is 0. The van der Waals surface area contributed by atoms with E-state index in [9.17, 15) is 14.2 Å². The monoisotopic (exact) mass is 390 g/mol. The third-order valence-corrected chi connectivity index (χ3v) is 7.91. The summed E-state index contributed by atoms with van der Waals surface area (Å²) in [4.78, 5) is 26.0. The zero-order valence-corrected chi connectivity index (χ0v) is 17.4. The first-order valence-corrected chi connectivity index (χ1v) is 10.9. The summed E-state index contributed by atoms with van der Waals surface area (Å²) in [7, 11) is -3.61. The zero-order valence-electron chi connectivity index (χ0n) is 16.5. The molecule has 3 nitrogen and oxygen atoms in total. The fraction of sp³-hybridized carbons (Fsp3) is 0.167. The van der Waals surface area contributed by atoms with E-state index in [2.05, 4.69) is 0 Å². The van der Waals surface area contributed by atoms with Gasteiger partial charge in [0.25, 0.3) is 0 Å². The lowest BCUT2D eigenvalue weighted by atomic mass is 9.92. The standard InChI is InChI=1S/C24H23O3P/c1-16-15-17(2)23(18(3)22(16)19(4)25)24(26)28(27,20-11-7-5-8-12-20)21-13-9-6-10-14-21/h5-15H,1-4H3. The summed E-state index contributed by atoms with van der Waals surface area (Å²) in [6.45, 7) is 6.95. The summed E-state index contributed by atoms with van der Waals surface area (Å²) < 4.78 is 14.4. The molecule has 0 bridgehead atoms. The van der Waals surface area contributed by atoms with Crippen molar-refractivity contribution in [1.82, 2.24) is 0 Å². The van der Waals surface area contributed by atoms with Gasteiger partial charge in [0.1, 0.15) is 0 Å². The molecule has 0 aliphatic rings. The van der Waals surface area contributed by atoms with E-state index >= 15 is 0 Å². The largest absolute Gasteiger partial charge is 0.305 e. The molecule has 3 rings (SSSR count). The van der Waals surface area contributed by atoms with Crippen molar-refractivity contribution in [2.45, 2.75) is 27.7 Å². The number of rotatable bonds is 5. The Kier molecular flexibility index (Phi) is 5.49. The summed E-state index contributed by atoms with van der Waals surface area (Å²) in [5.74, 6) is -0.0988. The first-order valence-electron chi connectivity index (χ1n) is 9.16. The maximum Gasteiger partial charge on any atom is 0.230 e. The van der Waals surface area contributed by atoms with Crippen LogP contribution in [0.3, 0.4) is 0 Å². The molecule has 3 aromatic rings. The van der Waals surface area contributed by atoms with Gasteiger partial charge in [-0.2, -0.15) is 0 Å². The van der Waals surface area contributed by atoms with Gasteiger partial charge in [0.15, 0.2) is 5.78 Å². The van der Waals surface area contributed by atoms with E-state index in [0.717, 1.165) is 11.1 Å². The lowest BCUT2D eigenvalue weighted by Gasteiger charge is -2.22. The highest BCUT2D eigenvalue weighted by Gasteiger charge is 2.38. The van der Waals surface area contributed by atoms with Crippen LogP contribution in [0.2, 0.25) is 0 Å². The van der Waals surface area contributed by atoms with Gasteiger partial charge in [0, 0.05) is 21.7 Å². The van der Waals surface area contributed by atoms with Crippen molar-refractivity contribution in [2.24, 2.45) is 0 Å². The predicted molar refractivity (Wildman–Crippen MR) is 115 cm³/mol. The minimum atomic E-state index is -3.61. The molecule has 0 amide bonds. The highest BCUT2D eigenvalue weighted by atomic mass is 31.2. The molecule has 0 fully saturated rings. The molecule has 4 heteroatoms. The van der Waals surface area contributed by atoms with Gasteiger partial charge in [-0.1, -0.05) is 66.7 Å². The van der Waals surface area contributed by atoms with Crippen LogP contribution in [0.1, 0.15) is 44.3 Å². The summed E-state index contributed by atoms with van der Waals surface area (Å²) in [5, 5.41) is 0.991. The molecule has 0 aliphatic heterocycles. The van der Waals surface area contributed by atoms with Crippen LogP contribution in [0.5, 0.6) is 0 Å². The molecule has 0 saturated carbocycles. The van der Waals surface area contributed by atoms with Crippen LogP contribution in [0.25, 0.3) is 0 Å². The SMILES string of the molecule is CC(=O)c1c(C)cc(C)c(C(=O)P(=O)(c2ccccc2)c2ccccc2)c1C. The van der Waals surface area contributed by atoms with Gasteiger partial charge in [0.05, 0.1) is 0 Å². The lowest BCUT2D eigenvalue weighted by molar-refractivity contribution is 0.101. The number of carbonyl (C=O) groups is 2. The summed E-state index contributed by atoms with van der Waals surface area (Å²) in [5.41, 5.74) is 2.64. The maximum atomic E-state index is 14.4. The smallest absolute Gasteiger partial charge is 0.230 e. The van der Waals surface area contributed by atoms with Gasteiger partial charge in [-0.15, -0.1) is 0 Å². The number of Topliss-reactive ketones (excluding diaryl/α,β-unsaturated/α-hetero) is 1. The summed E-state index contributed by atoms with van der Waals surface area (Å²) in [6, 6.07) is 19.6. The van der Waals surface area contributed by atoms with Crippen molar-refractivity contribution in [3.05, 3.63) is 94.5 Å². The number of benzene rings is 3. The Bertz CT molecular complexity index is 1060. The van der Waals surface area contributed by atoms with E-state index in [-0.39, 0.29) is 5.78 Å². The van der Waals surface area contributed by atoms with E-state index in [1.54, 1.807) is 55.5 Å². The zero-order chi connectivity index (χ0) is 20.5. The molecule has 0 saturated heterocycles. The van der Waals surface area contributed by atoms with Gasteiger partial charge in [-0.3, -0.25) is 9.59 Å². The first kappa shape index (κ1) is 20.0. The number of hydrogen-bond acceptors (Lipinski definition) is 3. The molecule has 3 aromatic carbocycles. The molecule has 0 radical (unpaired) electrons. The lowest BCUT2D eigenvalue weighted by Crippen LogP contribution is -2.24. The van der Waals surface area contributed by atoms with Crippen LogP contribution < -0.4 is 10.6 Å². The van der Waals surface area contributed by atoms with Crippen LogP contribution in [0.15, 0.2) is 66.7 Å². The molecule has 0 N–H and O–H groups in total. The Labute approximate surface area is 165 Å². The fourth-order valence-corrected chi connectivity index (χ4v) is 6.48. The predicted octanol–water partition coefficient (Wildman–Crippen LogP) is 4.97. The van der Waals surface area contributed by atoms with Gasteiger partial charge in [-0.05, 0) is 44.4 Å². The van der Waals surface area contributed by atoms with Crippen LogP contribution in [0.4, 0.5) is 0 Å². The van der Waals surface area contributed by atoms with Crippen molar-refractivity contribution in [3.63, 3.8) is 0 Å². The molecule has 0 unspecified atom stereocenters. The average molecular weight is 390 g/mol. The van der Waals surface area contributed by atoms with Crippen molar-refractivity contribution in [1.29, 1.82) is 0 Å². The number of carbonyl (C=O) groups excluding carboxylic acids is 2. The second-order valence-corrected chi connectivity index (χ2v) is 9.68. The highest BCUT2D eigenvalue weighted by molar-refractivity contribution is 7.93. The minimum Gasteiger partial charge on any atom is -0.305 e. The molecule has 0 aliphatic carbocycles. The maximum absolute atomic E-state index is 14.4. The number of ketones is 1. The molecule has 142 valence electrons. The Balaban J connectivity index is 2.33. The van der Waals surface area contributed by atoms with Crippen LogP contribution in [-0.2, 0) is 4.57 Å². The topological polar surface area (TPSA) is 51.2 Å². The molecule has 0 spiro atoms. The van der Waals surface area contributed by atoms with Crippen molar-refractivity contribution >= 4 is 29.1 Å². The van der Waals surface area contributed by atoms with Gasteiger partial charge < -0.3 is 4.57 Å². The third kappa shape index (κ3) is 3.27. The Hall–Kier alpha value is -2.77. The normalized spacial score (nSPS) is 11.3. The second-order valence-electron chi connectivity index (χ2n) is 7.03. The van der Waals surface area contributed by atoms with Crippen LogP contribution >= 0.6 is 7.14 Å². The van der Waals surface area contributed by atoms with Crippen LogP contribution in [0, 0.1) is 20.8 Å². The molecular formula is C24H23O3P. The van der Waals surface area contributed by atoms with E-state index < -0.39 is 12.7 Å². The first-order chi connectivity index (χ1) is 13.3. The molecular weight excluding hydrogens is 367 g/mol. The van der Waals surface area contributed by atoms with E-state index in [0.29, 0.717) is 27.3 Å². The van der Waals surface area contributed by atoms with E-state index in [1.165, 1.54) is 6.92 Å². The highest BCUT2D eigenvalue weighted by Crippen LogP contribution is 2.48. The van der Waals surface area contributed by atoms with Gasteiger partial charge in [-0.25, -0.2) is 0 Å². The number of aryl methyl sites for hydroxylation is 2. The number of hydrogen-bond donors (Lipinski definition) is 0. The van der Waals surface area contributed by atoms with Crippen LogP contribution in [-0.4, -0.2) is 11.3 Å². The molecule has 0 heterocycles. The van der Waals surface area contributed by atoms with Crippen molar-refractivity contribution < 1.29 is 14.2 Å². The molecule has 28 heavy (non-hydrogen) atoms. The summed E-state index contributed by atoms with van der Waals surface area (Å²) in [6.07, 6.45) is 0. The molecule has 0 aromatic heterocycles. The fourth-order valence-electron chi connectivity index (χ4n) is 3.87. The Morgan fingerprint density at radius 3 is 1.57 bits per heavy atom. The average Bonchev–Trinajstić information content (AvgIpc) is 2.67. The van der Waals surface area contributed by atoms with Crippen molar-refractivity contribution in [3.8, 4) is 0 Å². The van der Waals surface area contributed by atoms with Gasteiger partial charge >= 0.3 is 0 Å². The third-order valence-electron chi connectivity index (χ3n) is 5.06. The second kappa shape index (κ2) is 7.69. The Morgan fingerprint density at radius 2 is 1.14 bits per heavy atom. The minimum absolute atomic E-state index is 0.0988. The van der Waals surface area contributed by atoms with E-state index in [1.807, 2.05) is 32.0 Å². The Morgan fingerprint density at radius 1 is 0.714 bits per heavy atom. The van der Waals surface area contributed by atoms with Crippen molar-refractivity contribution in [2.75, 3.05) is 0 Å². The quantitative estimate of drug-likeness (QED) is 0.457. The van der Waals surface area contributed by atoms with E-state index in [4.69, 9.17) is 0 Å². The molecule has 0 atom stereocenters.